The fraction of sp³-hybridized carbons (Fsp3) is 0.281. The van der Waals surface area contributed by atoms with Gasteiger partial charge in [0.15, 0.2) is 11.6 Å². The lowest BCUT2D eigenvalue weighted by Gasteiger charge is -2.21. The van der Waals surface area contributed by atoms with E-state index in [-0.39, 0.29) is 46.7 Å². The third-order valence-corrected chi connectivity index (χ3v) is 7.57. The molecule has 1 aromatic heterocycles. The second-order valence-electron chi connectivity index (χ2n) is 11.0. The van der Waals surface area contributed by atoms with Gasteiger partial charge in [0.2, 0.25) is 0 Å². The van der Waals surface area contributed by atoms with Gasteiger partial charge in [0.05, 0.1) is 24.3 Å². The maximum atomic E-state index is 16.3. The number of nitrogen functional groups attached to an aromatic ring is 1. The highest BCUT2D eigenvalue weighted by Gasteiger charge is 2.38. The van der Waals surface area contributed by atoms with Crippen LogP contribution >= 0.6 is 0 Å². The first-order chi connectivity index (χ1) is 23.1. The van der Waals surface area contributed by atoms with Gasteiger partial charge in [-0.2, -0.15) is 17.9 Å². The van der Waals surface area contributed by atoms with E-state index in [1.54, 1.807) is 42.5 Å². The number of H-pyrrole nitrogens is 1. The average Bonchev–Trinajstić information content (AvgIpc) is 3.65. The standard InChI is InChI=1S/C30H31FN6O5.C2HF3O2/c1-36-12-11-19(16-36)42-25-15-20(41-2)14-22(26(25)31)23(13-17-7-9-18(10-8-17)27(32)33)28-34-30(40)37(35-28)24-6-4-3-5-21(24)29(38)39;3-2(4,5)1(6)7/h3-10,14-15,19,23H,11-13,16H2,1-2H3,(H3,32,33)(H,38,39)(H,34,35,40);(H,6,7). The van der Waals surface area contributed by atoms with Crippen LogP contribution in [0.4, 0.5) is 17.6 Å². The van der Waals surface area contributed by atoms with Crippen molar-refractivity contribution in [2.45, 2.75) is 31.0 Å². The summed E-state index contributed by atoms with van der Waals surface area (Å²) in [5, 5.41) is 28.9. The zero-order valence-corrected chi connectivity index (χ0v) is 26.1. The van der Waals surface area contributed by atoms with E-state index in [2.05, 4.69) is 15.0 Å². The molecule has 17 heteroatoms. The number of alkyl halides is 3. The Morgan fingerprint density at radius 3 is 2.35 bits per heavy atom. The number of nitrogens with two attached hydrogens (primary N) is 1. The molecule has 13 nitrogen and oxygen atoms in total. The summed E-state index contributed by atoms with van der Waals surface area (Å²) in [6.45, 7) is 1.48. The minimum absolute atomic E-state index is 0.0274. The van der Waals surface area contributed by atoms with Gasteiger partial charge >= 0.3 is 23.8 Å². The number of likely N-dealkylation sites (N-methyl/N-ethyl adjacent to an activating group) is 1. The average molecular weight is 689 g/mol. The highest BCUT2D eigenvalue weighted by molar-refractivity contribution is 5.94. The number of rotatable bonds is 10. The molecule has 5 rings (SSSR count). The van der Waals surface area contributed by atoms with E-state index < -0.39 is 35.5 Å². The molecule has 1 aliphatic heterocycles. The van der Waals surface area contributed by atoms with E-state index in [0.717, 1.165) is 23.2 Å². The van der Waals surface area contributed by atoms with Crippen molar-refractivity contribution in [3.05, 3.63) is 105 Å². The fourth-order valence-corrected chi connectivity index (χ4v) is 5.13. The SMILES string of the molecule is COc1cc(OC2CCN(C)C2)c(F)c(C(Cc2ccc(C(=N)N)cc2)c2nn(-c3ccccc3C(=O)O)c(=O)[nH]2)c1.O=C(O)C(F)(F)F. The van der Waals surface area contributed by atoms with Gasteiger partial charge in [-0.1, -0.05) is 36.4 Å². The van der Waals surface area contributed by atoms with E-state index in [1.165, 1.54) is 25.3 Å². The van der Waals surface area contributed by atoms with E-state index in [9.17, 15) is 27.9 Å². The number of aliphatic carboxylic acids is 1. The number of likely N-dealkylation sites (tertiary alicyclic amines) is 1. The molecule has 1 saturated heterocycles. The lowest BCUT2D eigenvalue weighted by molar-refractivity contribution is -0.192. The first kappa shape index (κ1) is 36.1. The summed E-state index contributed by atoms with van der Waals surface area (Å²) in [5.41, 5.74) is 6.36. The molecule has 2 unspecified atom stereocenters. The van der Waals surface area contributed by atoms with Crippen molar-refractivity contribution in [1.82, 2.24) is 19.7 Å². The molecule has 0 spiro atoms. The Morgan fingerprint density at radius 1 is 1.14 bits per heavy atom. The van der Waals surface area contributed by atoms with Gasteiger partial charge in [-0.3, -0.25) is 10.4 Å². The number of aromatic carboxylic acids is 1. The van der Waals surface area contributed by atoms with Gasteiger partial charge in [-0.05, 0) is 43.7 Å². The van der Waals surface area contributed by atoms with Crippen molar-refractivity contribution in [2.75, 3.05) is 27.2 Å². The quantitative estimate of drug-likeness (QED) is 0.0929. The molecule has 0 radical (unpaired) electrons. The van der Waals surface area contributed by atoms with E-state index in [0.29, 0.717) is 17.9 Å². The minimum atomic E-state index is -5.08. The number of carboxylic acid groups (broad SMARTS) is 2. The number of ether oxygens (including phenoxy) is 2. The lowest BCUT2D eigenvalue weighted by atomic mass is 9.90. The van der Waals surface area contributed by atoms with Gasteiger partial charge in [-0.25, -0.2) is 18.8 Å². The number of carboxylic acids is 2. The van der Waals surface area contributed by atoms with Crippen molar-refractivity contribution in [2.24, 2.45) is 5.73 Å². The monoisotopic (exact) mass is 688 g/mol. The van der Waals surface area contributed by atoms with Crippen LogP contribution in [0, 0.1) is 11.2 Å². The predicted molar refractivity (Wildman–Crippen MR) is 167 cm³/mol. The topological polar surface area (TPSA) is 197 Å². The van der Waals surface area contributed by atoms with Crippen LogP contribution in [0.25, 0.3) is 5.69 Å². The molecule has 49 heavy (non-hydrogen) atoms. The summed E-state index contributed by atoms with van der Waals surface area (Å²) >= 11 is 0. The van der Waals surface area contributed by atoms with Gasteiger partial charge < -0.3 is 30.3 Å². The number of nitrogens with one attached hydrogen (secondary N) is 2. The predicted octanol–water partition coefficient (Wildman–Crippen LogP) is 3.78. The Bertz CT molecular complexity index is 1890. The number of aromatic nitrogens is 3. The Hall–Kier alpha value is -5.71. The summed E-state index contributed by atoms with van der Waals surface area (Å²) in [6.07, 6.45) is -4.34. The van der Waals surface area contributed by atoms with Gasteiger partial charge in [-0.15, -0.1) is 5.10 Å². The van der Waals surface area contributed by atoms with Crippen LogP contribution in [-0.2, 0) is 11.2 Å². The van der Waals surface area contributed by atoms with Crippen LogP contribution in [0.1, 0.15) is 45.2 Å². The van der Waals surface area contributed by atoms with Crippen molar-refractivity contribution >= 4 is 17.8 Å². The largest absolute Gasteiger partial charge is 0.497 e. The molecule has 260 valence electrons. The highest BCUT2D eigenvalue weighted by Crippen LogP contribution is 2.37. The smallest absolute Gasteiger partial charge is 0.490 e. The van der Waals surface area contributed by atoms with Gasteiger partial charge in [0.1, 0.15) is 23.5 Å². The van der Waals surface area contributed by atoms with Crippen LogP contribution in [0.15, 0.2) is 65.5 Å². The minimum Gasteiger partial charge on any atom is -0.497 e. The zero-order valence-electron chi connectivity index (χ0n) is 26.1. The van der Waals surface area contributed by atoms with Crippen LogP contribution in [0.5, 0.6) is 11.5 Å². The van der Waals surface area contributed by atoms with Crippen molar-refractivity contribution in [1.29, 1.82) is 5.41 Å². The molecule has 2 heterocycles. The molecular weight excluding hydrogens is 656 g/mol. The highest BCUT2D eigenvalue weighted by atomic mass is 19.4. The molecule has 1 aliphatic rings. The van der Waals surface area contributed by atoms with Gasteiger partial charge in [0, 0.05) is 30.3 Å². The molecule has 0 amide bonds. The van der Waals surface area contributed by atoms with Crippen molar-refractivity contribution in [3.8, 4) is 17.2 Å². The Morgan fingerprint density at radius 2 is 1.80 bits per heavy atom. The Balaban J connectivity index is 0.000000698. The molecular formula is C32H32F4N6O7. The number of carbonyl (C=O) groups is 2. The number of nitrogens with zero attached hydrogens (tertiary/aromatic N) is 3. The summed E-state index contributed by atoms with van der Waals surface area (Å²) in [7, 11) is 3.44. The molecule has 0 aliphatic carbocycles. The van der Waals surface area contributed by atoms with E-state index in [1.807, 2.05) is 7.05 Å². The van der Waals surface area contributed by atoms with Crippen molar-refractivity contribution < 1.29 is 46.8 Å². The summed E-state index contributed by atoms with van der Waals surface area (Å²) in [5.74, 6) is -5.00. The number of hydrogen-bond acceptors (Lipinski definition) is 8. The summed E-state index contributed by atoms with van der Waals surface area (Å²) in [4.78, 5) is 38.7. The fourth-order valence-electron chi connectivity index (χ4n) is 5.13. The van der Waals surface area contributed by atoms with Crippen LogP contribution in [0.2, 0.25) is 0 Å². The molecule has 6 N–H and O–H groups in total. The number of amidine groups is 1. The van der Waals surface area contributed by atoms with Crippen molar-refractivity contribution in [3.63, 3.8) is 0 Å². The Kier molecular flexibility index (Phi) is 11.1. The normalized spacial score (nSPS) is 15.2. The zero-order chi connectivity index (χ0) is 36.0. The molecule has 0 bridgehead atoms. The molecule has 3 aromatic carbocycles. The van der Waals surface area contributed by atoms with Gasteiger partial charge in [0.25, 0.3) is 0 Å². The maximum Gasteiger partial charge on any atom is 0.490 e. The third kappa shape index (κ3) is 8.81. The lowest BCUT2D eigenvalue weighted by Crippen LogP contribution is -2.22. The molecule has 0 saturated carbocycles. The number of benzene rings is 3. The first-order valence-electron chi connectivity index (χ1n) is 14.6. The second kappa shape index (κ2) is 15.0. The Labute approximate surface area is 276 Å². The van der Waals surface area contributed by atoms with Crippen LogP contribution < -0.4 is 20.9 Å². The van der Waals surface area contributed by atoms with E-state index in [4.69, 9.17) is 30.5 Å². The summed E-state index contributed by atoms with van der Waals surface area (Å²) < 4.78 is 60.6. The van der Waals surface area contributed by atoms with Crippen LogP contribution in [-0.4, -0.2) is 87.2 Å². The number of halogens is 4. The molecule has 4 aromatic rings. The summed E-state index contributed by atoms with van der Waals surface area (Å²) in [6, 6.07) is 15.9. The first-order valence-corrected chi connectivity index (χ1v) is 14.6. The second-order valence-corrected chi connectivity index (χ2v) is 11.0. The number of hydrogen-bond donors (Lipinski definition) is 5. The molecule has 2 atom stereocenters. The number of aromatic amines is 1. The number of para-hydroxylation sites is 1. The van der Waals surface area contributed by atoms with E-state index >= 15 is 4.39 Å². The molecule has 1 fully saturated rings. The maximum absolute atomic E-state index is 16.3. The number of methoxy groups -OCH3 is 1. The van der Waals surface area contributed by atoms with Crippen LogP contribution in [0.3, 0.4) is 0 Å². The third-order valence-electron chi connectivity index (χ3n) is 7.57.